The molecule has 0 bridgehead atoms. The second-order valence-electron chi connectivity index (χ2n) is 6.13. The van der Waals surface area contributed by atoms with Gasteiger partial charge in [0.25, 0.3) is 0 Å². The highest BCUT2D eigenvalue weighted by molar-refractivity contribution is 5.87. The van der Waals surface area contributed by atoms with Crippen molar-refractivity contribution in [1.29, 1.82) is 0 Å². The van der Waals surface area contributed by atoms with E-state index in [4.69, 9.17) is 4.42 Å². The number of hydrogen-bond acceptors (Lipinski definition) is 5. The lowest BCUT2D eigenvalue weighted by Gasteiger charge is -2.23. The predicted octanol–water partition coefficient (Wildman–Crippen LogP) is 3.09. The molecule has 0 radical (unpaired) electrons. The van der Waals surface area contributed by atoms with Gasteiger partial charge in [-0.1, -0.05) is 24.3 Å². The fourth-order valence-electron chi connectivity index (χ4n) is 3.17. The van der Waals surface area contributed by atoms with Crippen molar-refractivity contribution in [1.82, 2.24) is 10.2 Å². The van der Waals surface area contributed by atoms with Crippen molar-refractivity contribution in [2.45, 2.75) is 18.9 Å². The van der Waals surface area contributed by atoms with E-state index in [0.717, 1.165) is 12.1 Å². The van der Waals surface area contributed by atoms with Gasteiger partial charge in [-0.15, -0.1) is 0 Å². The van der Waals surface area contributed by atoms with Crippen LogP contribution in [0, 0.1) is 0 Å². The molecule has 2 aromatic rings. The van der Waals surface area contributed by atoms with Crippen LogP contribution in [0.1, 0.15) is 35.0 Å². The number of carbonyl (C=O) groups excluding carboxylic acids is 1. The number of nitrogens with one attached hydrogen (secondary N) is 1. The fraction of sp³-hybridized carbons (Fsp3) is 0.421. The number of hydrogen-bond donors (Lipinski definition) is 1. The molecular formula is C19H24N2O3. The molecule has 0 spiro atoms. The first kappa shape index (κ1) is 16.7. The van der Waals surface area contributed by atoms with Crippen molar-refractivity contribution in [3.8, 4) is 11.3 Å². The van der Waals surface area contributed by atoms with E-state index >= 15 is 0 Å². The van der Waals surface area contributed by atoms with Crippen molar-refractivity contribution in [3.05, 3.63) is 47.7 Å². The average Bonchev–Trinajstić information content (AvgIpc) is 3.31. The van der Waals surface area contributed by atoms with Crippen LogP contribution in [0.3, 0.4) is 0 Å². The molecule has 0 amide bonds. The molecule has 2 heterocycles. The normalized spacial score (nSPS) is 16.2. The average molecular weight is 328 g/mol. The first-order valence-corrected chi connectivity index (χ1v) is 8.39. The number of likely N-dealkylation sites (N-methyl/N-ethyl adjacent to an activating group) is 1. The largest absolute Gasteiger partial charge is 0.463 e. The van der Waals surface area contributed by atoms with Gasteiger partial charge in [0.15, 0.2) is 0 Å². The molecule has 1 N–H and O–H groups in total. The third kappa shape index (κ3) is 3.68. The van der Waals surface area contributed by atoms with Gasteiger partial charge in [-0.05, 0) is 50.7 Å². The number of nitrogens with zero attached hydrogens (tertiary/aromatic N) is 1. The molecule has 1 fully saturated rings. The third-order valence-electron chi connectivity index (χ3n) is 4.58. The summed E-state index contributed by atoms with van der Waals surface area (Å²) >= 11 is 0. The highest BCUT2D eigenvalue weighted by Crippen LogP contribution is 2.25. The smallest absolute Gasteiger partial charge is 0.373 e. The Morgan fingerprint density at radius 3 is 2.54 bits per heavy atom. The number of benzene rings is 1. The van der Waals surface area contributed by atoms with Crippen LogP contribution in [0.2, 0.25) is 0 Å². The lowest BCUT2D eigenvalue weighted by molar-refractivity contribution is 0.0566. The predicted molar refractivity (Wildman–Crippen MR) is 93.0 cm³/mol. The number of methoxy groups -OCH3 is 1. The summed E-state index contributed by atoms with van der Waals surface area (Å²) in [5, 5.41) is 3.40. The van der Waals surface area contributed by atoms with Gasteiger partial charge in [0.05, 0.1) is 7.11 Å². The fourth-order valence-corrected chi connectivity index (χ4v) is 3.17. The van der Waals surface area contributed by atoms with Crippen molar-refractivity contribution < 1.29 is 13.9 Å². The van der Waals surface area contributed by atoms with Gasteiger partial charge in [0.1, 0.15) is 5.76 Å². The summed E-state index contributed by atoms with van der Waals surface area (Å²) in [7, 11) is 3.35. The van der Waals surface area contributed by atoms with Crippen molar-refractivity contribution in [2.75, 3.05) is 33.8 Å². The monoisotopic (exact) mass is 328 g/mol. The minimum atomic E-state index is -0.460. The van der Waals surface area contributed by atoms with Gasteiger partial charge >= 0.3 is 5.97 Å². The molecule has 1 aliphatic rings. The SMILES string of the molecule is CNC(CN1CCCC1)c1ccc(-c2ccc(C(=O)OC)o2)cc1. The molecule has 1 aromatic heterocycles. The second kappa shape index (κ2) is 7.64. The highest BCUT2D eigenvalue weighted by Gasteiger charge is 2.18. The maximum absolute atomic E-state index is 11.5. The molecule has 1 atom stereocenters. The molecule has 1 unspecified atom stereocenters. The van der Waals surface area contributed by atoms with E-state index in [-0.39, 0.29) is 5.76 Å². The van der Waals surface area contributed by atoms with Gasteiger partial charge in [0.2, 0.25) is 5.76 Å². The Bertz CT molecular complexity index is 672. The van der Waals surface area contributed by atoms with E-state index in [9.17, 15) is 4.79 Å². The molecule has 1 aliphatic heterocycles. The van der Waals surface area contributed by atoms with Gasteiger partial charge in [-0.25, -0.2) is 4.79 Å². The van der Waals surface area contributed by atoms with E-state index in [2.05, 4.69) is 27.1 Å². The van der Waals surface area contributed by atoms with E-state index in [1.165, 1.54) is 38.6 Å². The zero-order valence-electron chi connectivity index (χ0n) is 14.2. The molecule has 0 aliphatic carbocycles. The summed E-state index contributed by atoms with van der Waals surface area (Å²) in [6.45, 7) is 3.42. The summed E-state index contributed by atoms with van der Waals surface area (Å²) in [6, 6.07) is 12.0. The highest BCUT2D eigenvalue weighted by atomic mass is 16.5. The number of esters is 1. The van der Waals surface area contributed by atoms with Crippen molar-refractivity contribution in [3.63, 3.8) is 0 Å². The second-order valence-corrected chi connectivity index (χ2v) is 6.13. The molecule has 24 heavy (non-hydrogen) atoms. The molecule has 5 nitrogen and oxygen atoms in total. The minimum Gasteiger partial charge on any atom is -0.463 e. The lowest BCUT2D eigenvalue weighted by Crippen LogP contribution is -2.31. The third-order valence-corrected chi connectivity index (χ3v) is 4.58. The number of carbonyl (C=O) groups is 1. The van der Waals surface area contributed by atoms with Crippen LogP contribution in [-0.2, 0) is 4.74 Å². The van der Waals surface area contributed by atoms with E-state index in [0.29, 0.717) is 11.8 Å². The number of furan rings is 1. The van der Waals surface area contributed by atoms with Gasteiger partial charge < -0.3 is 19.4 Å². The summed E-state index contributed by atoms with van der Waals surface area (Å²) in [4.78, 5) is 14.0. The van der Waals surface area contributed by atoms with Crippen molar-refractivity contribution in [2.24, 2.45) is 0 Å². The van der Waals surface area contributed by atoms with E-state index < -0.39 is 5.97 Å². The van der Waals surface area contributed by atoms with Gasteiger partial charge in [0, 0.05) is 18.2 Å². The Balaban J connectivity index is 1.71. The van der Waals surface area contributed by atoms with Crippen LogP contribution in [0.4, 0.5) is 0 Å². The zero-order valence-corrected chi connectivity index (χ0v) is 14.2. The first-order chi connectivity index (χ1) is 11.7. The van der Waals surface area contributed by atoms with E-state index in [1.54, 1.807) is 12.1 Å². The van der Waals surface area contributed by atoms with Crippen LogP contribution in [-0.4, -0.2) is 44.7 Å². The summed E-state index contributed by atoms with van der Waals surface area (Å²) in [6.07, 6.45) is 2.60. The first-order valence-electron chi connectivity index (χ1n) is 8.39. The van der Waals surface area contributed by atoms with Crippen molar-refractivity contribution >= 4 is 5.97 Å². The Hall–Kier alpha value is -2.11. The molecule has 128 valence electrons. The van der Waals surface area contributed by atoms with Crippen LogP contribution in [0.15, 0.2) is 40.8 Å². The zero-order chi connectivity index (χ0) is 16.9. The molecule has 1 aromatic carbocycles. The molecule has 0 saturated carbocycles. The summed E-state index contributed by atoms with van der Waals surface area (Å²) in [5.74, 6) is 0.431. The standard InChI is InChI=1S/C19H24N2O3/c1-20-16(13-21-11-3-4-12-21)14-5-7-15(8-6-14)17-9-10-18(24-17)19(22)23-2/h5-10,16,20H,3-4,11-13H2,1-2H3. The van der Waals surface area contributed by atoms with Crippen LogP contribution in [0.25, 0.3) is 11.3 Å². The van der Waals surface area contributed by atoms with E-state index in [1.807, 2.05) is 19.2 Å². The maximum Gasteiger partial charge on any atom is 0.373 e. The minimum absolute atomic E-state index is 0.221. The summed E-state index contributed by atoms with van der Waals surface area (Å²) < 4.78 is 10.2. The Labute approximate surface area is 142 Å². The number of ether oxygens (including phenoxy) is 1. The van der Waals surface area contributed by atoms with Gasteiger partial charge in [-0.2, -0.15) is 0 Å². The molecule has 3 rings (SSSR count). The lowest BCUT2D eigenvalue weighted by atomic mass is 10.0. The van der Waals surface area contributed by atoms with Crippen LogP contribution >= 0.6 is 0 Å². The van der Waals surface area contributed by atoms with Crippen LogP contribution in [0.5, 0.6) is 0 Å². The number of rotatable bonds is 6. The quantitative estimate of drug-likeness (QED) is 0.826. The van der Waals surface area contributed by atoms with Gasteiger partial charge in [-0.3, -0.25) is 0 Å². The molecule has 1 saturated heterocycles. The van der Waals surface area contributed by atoms with Crippen LogP contribution < -0.4 is 5.32 Å². The molecule has 5 heteroatoms. The topological polar surface area (TPSA) is 54.7 Å². The Kier molecular flexibility index (Phi) is 5.33. The number of likely N-dealkylation sites (tertiary alicyclic amines) is 1. The maximum atomic E-state index is 11.5. The summed E-state index contributed by atoms with van der Waals surface area (Å²) in [5.41, 5.74) is 2.21. The molecular weight excluding hydrogens is 304 g/mol. The Morgan fingerprint density at radius 1 is 1.21 bits per heavy atom. The Morgan fingerprint density at radius 2 is 1.92 bits per heavy atom.